The molecule has 0 heterocycles. The standard InChI is InChI=1S/C8H8Cl6O4/c1-2-4(18-6(16)8(12,13)14)3-17-5(15)7(9,10)11/h4H,2-3H2,1H3. The highest BCUT2D eigenvalue weighted by Crippen LogP contribution is 2.29. The first-order valence-electron chi connectivity index (χ1n) is 4.50. The second kappa shape index (κ2) is 7.46. The highest BCUT2D eigenvalue weighted by atomic mass is 35.6. The first-order valence-corrected chi connectivity index (χ1v) is 6.77. The number of halogens is 6. The number of alkyl halides is 6. The molecule has 0 aromatic rings. The minimum absolute atomic E-state index is 0.310. The molecule has 4 nitrogen and oxygen atoms in total. The van der Waals surface area contributed by atoms with Crippen molar-refractivity contribution in [3.63, 3.8) is 0 Å². The van der Waals surface area contributed by atoms with Crippen molar-refractivity contribution in [2.45, 2.75) is 27.0 Å². The minimum atomic E-state index is -2.20. The molecule has 0 bridgehead atoms. The zero-order valence-corrected chi connectivity index (χ0v) is 13.4. The summed E-state index contributed by atoms with van der Waals surface area (Å²) in [5.74, 6) is -2.17. The van der Waals surface area contributed by atoms with Crippen molar-refractivity contribution in [1.29, 1.82) is 0 Å². The van der Waals surface area contributed by atoms with Crippen molar-refractivity contribution in [1.82, 2.24) is 0 Å². The molecular weight excluding hydrogens is 373 g/mol. The van der Waals surface area contributed by atoms with E-state index < -0.39 is 25.6 Å². The molecule has 18 heavy (non-hydrogen) atoms. The highest BCUT2D eigenvalue weighted by Gasteiger charge is 2.36. The fourth-order valence-corrected chi connectivity index (χ4v) is 1.00. The molecule has 0 saturated carbocycles. The Morgan fingerprint density at radius 3 is 1.78 bits per heavy atom. The molecule has 0 fully saturated rings. The number of rotatable bonds is 4. The van der Waals surface area contributed by atoms with Crippen LogP contribution >= 0.6 is 69.6 Å². The van der Waals surface area contributed by atoms with Gasteiger partial charge in [-0.1, -0.05) is 76.5 Å². The number of hydrogen-bond donors (Lipinski definition) is 0. The van der Waals surface area contributed by atoms with Crippen LogP contribution in [0.3, 0.4) is 0 Å². The fourth-order valence-electron chi connectivity index (χ4n) is 0.704. The van der Waals surface area contributed by atoms with Gasteiger partial charge in [0.2, 0.25) is 0 Å². The van der Waals surface area contributed by atoms with Crippen LogP contribution in [0.5, 0.6) is 0 Å². The van der Waals surface area contributed by atoms with E-state index in [-0.39, 0.29) is 6.61 Å². The summed E-state index contributed by atoms with van der Waals surface area (Å²) in [5.41, 5.74) is 0. The van der Waals surface area contributed by atoms with E-state index in [4.69, 9.17) is 74.3 Å². The van der Waals surface area contributed by atoms with Crippen LogP contribution in [0.4, 0.5) is 0 Å². The summed E-state index contributed by atoms with van der Waals surface area (Å²) in [7, 11) is 0. The summed E-state index contributed by atoms with van der Waals surface area (Å²) in [4.78, 5) is 22.4. The maximum atomic E-state index is 11.2. The molecule has 1 unspecified atom stereocenters. The Morgan fingerprint density at radius 1 is 1.00 bits per heavy atom. The molecule has 106 valence electrons. The Bertz CT molecular complexity index is 308. The third-order valence-electron chi connectivity index (χ3n) is 1.59. The van der Waals surface area contributed by atoms with E-state index in [0.717, 1.165) is 0 Å². The molecule has 1 atom stereocenters. The van der Waals surface area contributed by atoms with Gasteiger partial charge in [-0.15, -0.1) is 0 Å². The molecule has 0 aromatic heterocycles. The second-order valence-corrected chi connectivity index (χ2v) is 7.59. The van der Waals surface area contributed by atoms with Gasteiger partial charge in [-0.05, 0) is 6.42 Å². The highest BCUT2D eigenvalue weighted by molar-refractivity contribution is 6.76. The molecule has 0 saturated heterocycles. The van der Waals surface area contributed by atoms with Gasteiger partial charge in [-0.25, -0.2) is 9.59 Å². The van der Waals surface area contributed by atoms with Crippen LogP contribution in [0.15, 0.2) is 0 Å². The average molecular weight is 381 g/mol. The number of carbonyl (C=O) groups excluding carboxylic acids is 2. The van der Waals surface area contributed by atoms with Crippen molar-refractivity contribution in [2.75, 3.05) is 6.61 Å². The van der Waals surface area contributed by atoms with Gasteiger partial charge in [0.05, 0.1) is 0 Å². The van der Waals surface area contributed by atoms with Crippen LogP contribution in [0.25, 0.3) is 0 Å². The Hall–Kier alpha value is 0.680. The van der Waals surface area contributed by atoms with Gasteiger partial charge >= 0.3 is 11.9 Å². The maximum absolute atomic E-state index is 11.2. The second-order valence-electron chi connectivity index (χ2n) is 3.03. The largest absolute Gasteiger partial charge is 0.459 e. The lowest BCUT2D eigenvalue weighted by atomic mass is 10.3. The van der Waals surface area contributed by atoms with Crippen molar-refractivity contribution in [3.8, 4) is 0 Å². The Labute approximate surface area is 134 Å². The van der Waals surface area contributed by atoms with Crippen LogP contribution in [0.1, 0.15) is 13.3 Å². The molecule has 0 aliphatic rings. The van der Waals surface area contributed by atoms with E-state index in [0.29, 0.717) is 6.42 Å². The number of carbonyl (C=O) groups is 2. The summed E-state index contributed by atoms with van der Waals surface area (Å²) in [6, 6.07) is 0. The van der Waals surface area contributed by atoms with Gasteiger partial charge in [0.15, 0.2) is 0 Å². The van der Waals surface area contributed by atoms with E-state index in [9.17, 15) is 9.59 Å². The topological polar surface area (TPSA) is 52.6 Å². The normalized spacial score (nSPS) is 13.9. The van der Waals surface area contributed by atoms with Gasteiger partial charge in [0, 0.05) is 0 Å². The zero-order valence-electron chi connectivity index (χ0n) is 8.89. The summed E-state index contributed by atoms with van der Waals surface area (Å²) >= 11 is 31.7. The number of ether oxygens (including phenoxy) is 2. The molecule has 0 N–H and O–H groups in total. The van der Waals surface area contributed by atoms with Crippen molar-refractivity contribution >= 4 is 81.5 Å². The maximum Gasteiger partial charge on any atom is 0.358 e. The summed E-state index contributed by atoms with van der Waals surface area (Å²) in [6.45, 7) is 1.36. The van der Waals surface area contributed by atoms with Crippen molar-refractivity contribution < 1.29 is 19.1 Å². The van der Waals surface area contributed by atoms with Crippen LogP contribution < -0.4 is 0 Å². The lowest BCUT2D eigenvalue weighted by Gasteiger charge is -2.19. The molecule has 0 spiro atoms. The first kappa shape index (κ1) is 18.7. The zero-order chi connectivity index (χ0) is 14.6. The Morgan fingerprint density at radius 2 is 1.44 bits per heavy atom. The summed E-state index contributed by atoms with van der Waals surface area (Å²) in [6.07, 6.45) is -0.482. The monoisotopic (exact) mass is 378 g/mol. The van der Waals surface area contributed by atoms with Crippen molar-refractivity contribution in [3.05, 3.63) is 0 Å². The fraction of sp³-hybridized carbons (Fsp3) is 0.750. The molecule has 10 heteroatoms. The van der Waals surface area contributed by atoms with E-state index >= 15 is 0 Å². The molecule has 0 aromatic carbocycles. The Balaban J connectivity index is 4.30. The molecular formula is C8H8Cl6O4. The summed E-state index contributed by atoms with van der Waals surface area (Å²) < 4.78 is 5.02. The van der Waals surface area contributed by atoms with Crippen molar-refractivity contribution in [2.24, 2.45) is 0 Å². The van der Waals surface area contributed by atoms with Gasteiger partial charge < -0.3 is 9.47 Å². The SMILES string of the molecule is CCC(COC(=O)C(Cl)(Cl)Cl)OC(=O)C(Cl)(Cl)Cl. The predicted molar refractivity (Wildman–Crippen MR) is 71.7 cm³/mol. The molecule has 0 aliphatic heterocycles. The van der Waals surface area contributed by atoms with Crippen LogP contribution in [0.2, 0.25) is 0 Å². The van der Waals surface area contributed by atoms with E-state index in [1.807, 2.05) is 0 Å². The third kappa shape index (κ3) is 7.31. The predicted octanol–water partition coefficient (Wildman–Crippen LogP) is 3.59. The van der Waals surface area contributed by atoms with Gasteiger partial charge in [0.25, 0.3) is 7.59 Å². The number of esters is 2. The van der Waals surface area contributed by atoms with Crippen LogP contribution in [0, 0.1) is 0 Å². The first-order chi connectivity index (χ1) is 7.98. The lowest BCUT2D eigenvalue weighted by Crippen LogP contribution is -2.32. The molecule has 0 amide bonds. The van der Waals surface area contributed by atoms with E-state index in [1.165, 1.54) is 0 Å². The average Bonchev–Trinajstić information content (AvgIpc) is 2.20. The van der Waals surface area contributed by atoms with Gasteiger partial charge in [-0.2, -0.15) is 0 Å². The quantitative estimate of drug-likeness (QED) is 0.552. The third-order valence-corrected chi connectivity index (χ3v) is 2.52. The van der Waals surface area contributed by atoms with Gasteiger partial charge in [0.1, 0.15) is 12.7 Å². The van der Waals surface area contributed by atoms with E-state index in [1.54, 1.807) is 6.92 Å². The smallest absolute Gasteiger partial charge is 0.358 e. The lowest BCUT2D eigenvalue weighted by molar-refractivity contribution is -0.158. The van der Waals surface area contributed by atoms with Crippen LogP contribution in [-0.4, -0.2) is 32.2 Å². The molecule has 0 aliphatic carbocycles. The Kier molecular flexibility index (Phi) is 7.74. The van der Waals surface area contributed by atoms with Gasteiger partial charge in [-0.3, -0.25) is 0 Å². The minimum Gasteiger partial charge on any atom is -0.459 e. The number of hydrogen-bond acceptors (Lipinski definition) is 4. The molecule has 0 radical (unpaired) electrons. The summed E-state index contributed by atoms with van der Waals surface area (Å²) in [5, 5.41) is 0. The van der Waals surface area contributed by atoms with Crippen LogP contribution in [-0.2, 0) is 19.1 Å². The molecule has 0 rings (SSSR count). The van der Waals surface area contributed by atoms with E-state index in [2.05, 4.69) is 4.74 Å².